The van der Waals surface area contributed by atoms with Crippen LogP contribution in [0.25, 0.3) is 0 Å². The highest BCUT2D eigenvalue weighted by molar-refractivity contribution is 7.99. The van der Waals surface area contributed by atoms with E-state index in [2.05, 4.69) is 12.5 Å². The highest BCUT2D eigenvalue weighted by atomic mass is 32.2. The van der Waals surface area contributed by atoms with Crippen LogP contribution in [-0.2, 0) is 0 Å². The molecule has 0 aromatic carbocycles. The van der Waals surface area contributed by atoms with Gasteiger partial charge in [-0.05, 0) is 12.2 Å². The second-order valence-corrected chi connectivity index (χ2v) is 9.64. The first-order valence-electron chi connectivity index (χ1n) is 12.2. The monoisotopic (exact) mass is 428 g/mol. The Hall–Kier alpha value is -0.430. The number of nitrogens with one attached hydrogen (secondary N) is 1. The van der Waals surface area contributed by atoms with Crippen molar-refractivity contribution in [2.75, 3.05) is 18.1 Å². The van der Waals surface area contributed by atoms with Crippen molar-refractivity contribution < 1.29 is 5.11 Å². The molecule has 1 atom stereocenters. The third-order valence-corrected chi connectivity index (χ3v) is 6.71. The smallest absolute Gasteiger partial charge is 0.0821 e. The molecule has 0 aromatic heterocycles. The normalized spacial score (nSPS) is 14.9. The molecule has 29 heavy (non-hydrogen) atoms. The Morgan fingerprint density at radius 1 is 0.793 bits per heavy atom. The molecule has 5 nitrogen and oxygen atoms in total. The summed E-state index contributed by atoms with van der Waals surface area (Å²) < 4.78 is 0. The van der Waals surface area contributed by atoms with Crippen molar-refractivity contribution in [1.29, 1.82) is 0 Å². The van der Waals surface area contributed by atoms with Gasteiger partial charge in [0, 0.05) is 12.0 Å². The van der Waals surface area contributed by atoms with Gasteiger partial charge < -0.3 is 5.11 Å². The Bertz CT molecular complexity index is 384. The van der Waals surface area contributed by atoms with E-state index in [-0.39, 0.29) is 6.10 Å². The van der Waals surface area contributed by atoms with Crippen molar-refractivity contribution in [1.82, 2.24) is 15.7 Å². The van der Waals surface area contributed by atoms with Crippen LogP contribution >= 0.6 is 11.8 Å². The van der Waals surface area contributed by atoms with E-state index in [4.69, 9.17) is 5.84 Å². The van der Waals surface area contributed by atoms with E-state index in [1.807, 2.05) is 18.0 Å². The second kappa shape index (κ2) is 19.5. The van der Waals surface area contributed by atoms with Gasteiger partial charge in [-0.15, -0.1) is 5.53 Å². The van der Waals surface area contributed by atoms with E-state index < -0.39 is 0 Å². The summed E-state index contributed by atoms with van der Waals surface area (Å²) in [6, 6.07) is 0. The van der Waals surface area contributed by atoms with E-state index >= 15 is 0 Å². The summed E-state index contributed by atoms with van der Waals surface area (Å²) >= 11 is 1.86. The first-order chi connectivity index (χ1) is 14.2. The Balaban J connectivity index is 1.70. The number of nitrogens with two attached hydrogens (primary N) is 1. The number of aliphatic hydroxyl groups excluding tert-OH is 1. The van der Waals surface area contributed by atoms with Crippen molar-refractivity contribution in [3.63, 3.8) is 0 Å². The molecule has 0 radical (unpaired) electrons. The summed E-state index contributed by atoms with van der Waals surface area (Å²) in [5.74, 6) is 7.50. The number of hydrazine groups is 3. The minimum absolute atomic E-state index is 0.329. The molecule has 1 aliphatic heterocycles. The number of nitrogens with zero attached hydrogens (tertiary/aromatic N) is 2. The molecule has 1 rings (SSSR count). The van der Waals surface area contributed by atoms with E-state index in [1.165, 1.54) is 108 Å². The minimum Gasteiger partial charge on any atom is -0.390 e. The lowest BCUT2D eigenvalue weighted by atomic mass is 10.0. The van der Waals surface area contributed by atoms with E-state index in [0.29, 0.717) is 6.54 Å². The predicted molar refractivity (Wildman–Crippen MR) is 128 cm³/mol. The molecule has 0 saturated carbocycles. The van der Waals surface area contributed by atoms with E-state index in [1.54, 1.807) is 11.2 Å². The van der Waals surface area contributed by atoms with Gasteiger partial charge in [0.15, 0.2) is 0 Å². The summed E-state index contributed by atoms with van der Waals surface area (Å²) in [6.07, 6.45) is 25.8. The zero-order chi connectivity index (χ0) is 21.0. The largest absolute Gasteiger partial charge is 0.390 e. The lowest BCUT2D eigenvalue weighted by Crippen LogP contribution is -2.46. The van der Waals surface area contributed by atoms with Crippen LogP contribution in [0.1, 0.15) is 110 Å². The summed E-state index contributed by atoms with van der Waals surface area (Å²) in [4.78, 5) is 0. The molecule has 0 saturated heterocycles. The van der Waals surface area contributed by atoms with Crippen LogP contribution in [0.2, 0.25) is 0 Å². The maximum Gasteiger partial charge on any atom is 0.0821 e. The van der Waals surface area contributed by atoms with Crippen LogP contribution in [0, 0.1) is 0 Å². The Labute approximate surface area is 184 Å². The lowest BCUT2D eigenvalue weighted by Gasteiger charge is -2.21. The molecule has 4 N–H and O–H groups in total. The van der Waals surface area contributed by atoms with Crippen molar-refractivity contribution >= 4 is 11.8 Å². The molecule has 0 aliphatic carbocycles. The zero-order valence-corrected chi connectivity index (χ0v) is 19.8. The predicted octanol–water partition coefficient (Wildman–Crippen LogP) is 5.72. The molecule has 1 heterocycles. The molecule has 1 aliphatic rings. The first kappa shape index (κ1) is 26.6. The fourth-order valence-electron chi connectivity index (χ4n) is 3.72. The molecule has 0 bridgehead atoms. The molecule has 0 fully saturated rings. The van der Waals surface area contributed by atoms with Gasteiger partial charge in [-0.1, -0.05) is 103 Å². The van der Waals surface area contributed by atoms with E-state index in [0.717, 1.165) is 11.5 Å². The second-order valence-electron chi connectivity index (χ2n) is 8.49. The van der Waals surface area contributed by atoms with Crippen LogP contribution in [0.4, 0.5) is 0 Å². The third kappa shape index (κ3) is 17.0. The number of rotatable bonds is 21. The van der Waals surface area contributed by atoms with Gasteiger partial charge in [0.25, 0.3) is 0 Å². The molecule has 6 heteroatoms. The highest BCUT2D eigenvalue weighted by Crippen LogP contribution is 2.15. The number of hydrogen-bond donors (Lipinski definition) is 3. The molecule has 1 unspecified atom stereocenters. The number of hydrogen-bond acceptors (Lipinski definition) is 6. The van der Waals surface area contributed by atoms with Crippen molar-refractivity contribution in [2.24, 2.45) is 5.84 Å². The fraction of sp³-hybridized carbons (Fsp3) is 0.913. The lowest BCUT2D eigenvalue weighted by molar-refractivity contribution is 0.0833. The fourth-order valence-corrected chi connectivity index (χ4v) is 4.67. The van der Waals surface area contributed by atoms with Gasteiger partial charge in [0.05, 0.1) is 18.8 Å². The molecule has 0 aromatic rings. The van der Waals surface area contributed by atoms with Crippen LogP contribution < -0.4 is 11.4 Å². The van der Waals surface area contributed by atoms with Crippen LogP contribution in [-0.4, -0.2) is 39.4 Å². The van der Waals surface area contributed by atoms with Crippen molar-refractivity contribution in [3.05, 3.63) is 12.4 Å². The maximum absolute atomic E-state index is 10.0. The topological polar surface area (TPSA) is 64.8 Å². The average Bonchev–Trinajstić information content (AvgIpc) is 3.11. The number of β-amino-alcohol motifs (C(OH)–C–C–N with tert-alkyl or cyclic N) is 1. The molecular weight excluding hydrogens is 380 g/mol. The molecule has 172 valence electrons. The maximum atomic E-state index is 10.0. The van der Waals surface area contributed by atoms with Crippen molar-refractivity contribution in [2.45, 2.75) is 116 Å². The number of aliphatic hydroxyl groups is 1. The Morgan fingerprint density at radius 2 is 1.28 bits per heavy atom. The third-order valence-electron chi connectivity index (χ3n) is 5.51. The van der Waals surface area contributed by atoms with Crippen molar-refractivity contribution in [3.8, 4) is 0 Å². The summed E-state index contributed by atoms with van der Waals surface area (Å²) in [5.41, 5.74) is 2.91. The SMILES string of the molecule is CCCCCCCCCCCCCCCCCCSCC(O)CN1C=CN(N)N1. The van der Waals surface area contributed by atoms with Gasteiger partial charge in [-0.3, -0.25) is 5.01 Å². The summed E-state index contributed by atoms with van der Waals surface area (Å²) in [6.45, 7) is 2.85. The van der Waals surface area contributed by atoms with Crippen LogP contribution in [0.15, 0.2) is 12.4 Å². The standard InChI is InChI=1S/C23H48N4OS/c1-2-3-4-5-6-7-8-9-10-11-12-13-14-15-16-17-20-29-22-23(28)21-26-18-19-27(24)25-26/h18-19,23,25,28H,2-17,20-22,24H2,1H3. The number of thioether (sulfide) groups is 1. The molecule has 0 amide bonds. The summed E-state index contributed by atoms with van der Waals surface area (Å²) in [5, 5.41) is 13.2. The van der Waals surface area contributed by atoms with Crippen LogP contribution in [0.5, 0.6) is 0 Å². The number of unbranched alkanes of at least 4 members (excludes halogenated alkanes) is 15. The average molecular weight is 429 g/mol. The summed E-state index contributed by atoms with van der Waals surface area (Å²) in [7, 11) is 0. The van der Waals surface area contributed by atoms with E-state index in [9.17, 15) is 5.11 Å². The van der Waals surface area contributed by atoms with Gasteiger partial charge in [-0.2, -0.15) is 11.8 Å². The zero-order valence-electron chi connectivity index (χ0n) is 19.0. The minimum atomic E-state index is -0.329. The molecule has 0 spiro atoms. The quantitative estimate of drug-likeness (QED) is 0.160. The van der Waals surface area contributed by atoms with Gasteiger partial charge in [0.1, 0.15) is 0 Å². The highest BCUT2D eigenvalue weighted by Gasteiger charge is 2.13. The van der Waals surface area contributed by atoms with Gasteiger partial charge >= 0.3 is 0 Å². The van der Waals surface area contributed by atoms with Crippen LogP contribution in [0.3, 0.4) is 0 Å². The first-order valence-corrected chi connectivity index (χ1v) is 13.4. The Morgan fingerprint density at radius 3 is 1.72 bits per heavy atom. The Kier molecular flexibility index (Phi) is 17.9. The molecular formula is C23H48N4OS. The van der Waals surface area contributed by atoms with Gasteiger partial charge in [0.2, 0.25) is 0 Å². The van der Waals surface area contributed by atoms with Gasteiger partial charge in [-0.25, -0.2) is 11.0 Å².